The Hall–Kier alpha value is -0.840. The molecule has 2 N–H and O–H groups in total. The first kappa shape index (κ1) is 12.2. The summed E-state index contributed by atoms with van der Waals surface area (Å²) in [6.45, 7) is 2.47. The Balaban J connectivity index is 4.07. The van der Waals surface area contributed by atoms with Crippen molar-refractivity contribution in [2.75, 3.05) is 27.7 Å². The normalized spacial score (nSPS) is 12.0. The van der Waals surface area contributed by atoms with Crippen molar-refractivity contribution in [3.8, 4) is 0 Å². The second-order valence-electron chi connectivity index (χ2n) is 3.36. The quantitative estimate of drug-likeness (QED) is 0.680. The summed E-state index contributed by atoms with van der Waals surface area (Å²) in [6.07, 6.45) is 0. The largest absolute Gasteiger partial charge is 0.393 e. The van der Waals surface area contributed by atoms with E-state index >= 15 is 0 Å². The number of rotatable bonds is 3. The molecule has 1 atom stereocenters. The van der Waals surface area contributed by atoms with E-state index < -0.39 is 0 Å². The summed E-state index contributed by atoms with van der Waals surface area (Å²) in [7, 11) is 5.16. The maximum atomic E-state index is 11.4. The van der Waals surface area contributed by atoms with Gasteiger partial charge in [-0.05, 0) is 0 Å². The summed E-state index contributed by atoms with van der Waals surface area (Å²) in [5, 5.41) is 0. The molecule has 0 saturated heterocycles. The van der Waals surface area contributed by atoms with Gasteiger partial charge in [0.25, 0.3) is 0 Å². The second-order valence-corrected chi connectivity index (χ2v) is 3.83. The Morgan fingerprint density at radius 1 is 1.46 bits per heavy atom. The molecule has 13 heavy (non-hydrogen) atoms. The van der Waals surface area contributed by atoms with Crippen LogP contribution in [0.15, 0.2) is 0 Å². The highest BCUT2D eigenvalue weighted by atomic mass is 32.1. The lowest BCUT2D eigenvalue weighted by molar-refractivity contribution is 0.179. The lowest BCUT2D eigenvalue weighted by Gasteiger charge is -2.24. The molecule has 0 saturated carbocycles. The highest BCUT2D eigenvalue weighted by molar-refractivity contribution is 7.80. The maximum Gasteiger partial charge on any atom is 0.319 e. The molecular weight excluding hydrogens is 186 g/mol. The number of thiocarbonyl (C=S) groups is 1. The minimum atomic E-state index is -0.0388. The van der Waals surface area contributed by atoms with Crippen molar-refractivity contribution in [2.45, 2.75) is 6.92 Å². The van der Waals surface area contributed by atoms with Gasteiger partial charge < -0.3 is 15.5 Å². The third-order valence-electron chi connectivity index (χ3n) is 1.74. The van der Waals surface area contributed by atoms with E-state index in [0.717, 1.165) is 0 Å². The molecule has 76 valence electrons. The third kappa shape index (κ3) is 4.07. The van der Waals surface area contributed by atoms with Crippen molar-refractivity contribution in [3.05, 3.63) is 0 Å². The lowest BCUT2D eigenvalue weighted by atomic mass is 10.2. The standard InChI is InChI=1S/C8H17N3OS/c1-6(7(9)13)5-11(4)8(12)10(2)3/h6H,5H2,1-4H3,(H2,9,13). The summed E-state index contributed by atoms with van der Waals surface area (Å²) >= 11 is 4.82. The first-order valence-electron chi connectivity index (χ1n) is 4.08. The Bertz CT molecular complexity index is 206. The van der Waals surface area contributed by atoms with E-state index in [-0.39, 0.29) is 11.9 Å². The van der Waals surface area contributed by atoms with E-state index in [1.807, 2.05) is 6.92 Å². The Labute approximate surface area is 84.7 Å². The zero-order valence-electron chi connectivity index (χ0n) is 8.57. The van der Waals surface area contributed by atoms with Crippen LogP contribution in [-0.4, -0.2) is 48.5 Å². The van der Waals surface area contributed by atoms with E-state index in [1.54, 1.807) is 26.0 Å². The monoisotopic (exact) mass is 203 g/mol. The zero-order valence-corrected chi connectivity index (χ0v) is 9.39. The number of amides is 2. The number of nitrogens with zero attached hydrogens (tertiary/aromatic N) is 2. The number of nitrogens with two attached hydrogens (primary N) is 1. The molecule has 0 rings (SSSR count). The van der Waals surface area contributed by atoms with E-state index in [0.29, 0.717) is 11.5 Å². The molecule has 0 heterocycles. The van der Waals surface area contributed by atoms with Gasteiger partial charge in [0.15, 0.2) is 0 Å². The molecule has 0 fully saturated rings. The summed E-state index contributed by atoms with van der Waals surface area (Å²) in [6, 6.07) is -0.0388. The van der Waals surface area contributed by atoms with E-state index in [4.69, 9.17) is 18.0 Å². The third-order valence-corrected chi connectivity index (χ3v) is 2.14. The average molecular weight is 203 g/mol. The van der Waals surface area contributed by atoms with Crippen molar-refractivity contribution in [3.63, 3.8) is 0 Å². The van der Waals surface area contributed by atoms with Crippen LogP contribution in [-0.2, 0) is 0 Å². The highest BCUT2D eigenvalue weighted by Gasteiger charge is 2.14. The fraction of sp³-hybridized carbons (Fsp3) is 0.750. The van der Waals surface area contributed by atoms with Crippen LogP contribution < -0.4 is 5.73 Å². The van der Waals surface area contributed by atoms with Crippen LogP contribution in [0.2, 0.25) is 0 Å². The molecule has 0 bridgehead atoms. The summed E-state index contributed by atoms with van der Waals surface area (Å²) in [5.41, 5.74) is 5.44. The second kappa shape index (κ2) is 5.01. The van der Waals surface area contributed by atoms with Crippen LogP contribution in [0.25, 0.3) is 0 Å². The van der Waals surface area contributed by atoms with Crippen molar-refractivity contribution in [1.29, 1.82) is 0 Å². The van der Waals surface area contributed by atoms with Gasteiger partial charge >= 0.3 is 6.03 Å². The number of carbonyl (C=O) groups excluding carboxylic acids is 1. The van der Waals surface area contributed by atoms with E-state index in [9.17, 15) is 4.79 Å². The van der Waals surface area contributed by atoms with Crippen LogP contribution in [0.4, 0.5) is 4.79 Å². The smallest absolute Gasteiger partial charge is 0.319 e. The first-order chi connectivity index (χ1) is 5.86. The van der Waals surface area contributed by atoms with Gasteiger partial charge in [0.05, 0.1) is 4.99 Å². The van der Waals surface area contributed by atoms with Gasteiger partial charge in [-0.3, -0.25) is 0 Å². The molecule has 0 aromatic rings. The molecular formula is C8H17N3OS. The first-order valence-corrected chi connectivity index (χ1v) is 4.48. The Kier molecular flexibility index (Phi) is 4.69. The predicted molar refractivity (Wildman–Crippen MR) is 57.7 cm³/mol. The molecule has 4 nitrogen and oxygen atoms in total. The van der Waals surface area contributed by atoms with Crippen molar-refractivity contribution >= 4 is 23.2 Å². The molecule has 0 aromatic heterocycles. The summed E-state index contributed by atoms with van der Waals surface area (Å²) in [5.74, 6) is 0.0592. The maximum absolute atomic E-state index is 11.4. The van der Waals surface area contributed by atoms with Crippen LogP contribution in [0.3, 0.4) is 0 Å². The molecule has 2 amide bonds. The van der Waals surface area contributed by atoms with Crippen LogP contribution in [0.5, 0.6) is 0 Å². The van der Waals surface area contributed by atoms with E-state index in [1.165, 1.54) is 4.90 Å². The van der Waals surface area contributed by atoms with Crippen molar-refractivity contribution in [1.82, 2.24) is 9.80 Å². The molecule has 0 aliphatic heterocycles. The van der Waals surface area contributed by atoms with Gasteiger partial charge in [-0.2, -0.15) is 0 Å². The molecule has 0 aliphatic rings. The predicted octanol–water partition coefficient (Wildman–Crippen LogP) is 0.522. The van der Waals surface area contributed by atoms with Gasteiger partial charge in [0, 0.05) is 33.6 Å². The molecule has 0 spiro atoms. The van der Waals surface area contributed by atoms with Gasteiger partial charge in [0.2, 0.25) is 0 Å². The zero-order chi connectivity index (χ0) is 10.6. The highest BCUT2D eigenvalue weighted by Crippen LogP contribution is 2.00. The van der Waals surface area contributed by atoms with Gasteiger partial charge in [-0.25, -0.2) is 4.79 Å². The van der Waals surface area contributed by atoms with Crippen molar-refractivity contribution < 1.29 is 4.79 Å². The molecule has 1 unspecified atom stereocenters. The van der Waals surface area contributed by atoms with Crippen LogP contribution >= 0.6 is 12.2 Å². The topological polar surface area (TPSA) is 49.6 Å². The summed E-state index contributed by atoms with van der Waals surface area (Å²) in [4.78, 5) is 14.9. The van der Waals surface area contributed by atoms with Crippen molar-refractivity contribution in [2.24, 2.45) is 11.7 Å². The minimum absolute atomic E-state index is 0.0388. The summed E-state index contributed by atoms with van der Waals surface area (Å²) < 4.78 is 0. The van der Waals surface area contributed by atoms with Gasteiger partial charge in [-0.1, -0.05) is 19.1 Å². The fourth-order valence-corrected chi connectivity index (χ4v) is 0.995. The number of carbonyl (C=O) groups is 1. The molecule has 0 aliphatic carbocycles. The lowest BCUT2D eigenvalue weighted by Crippen LogP contribution is -2.40. The number of hydrogen-bond donors (Lipinski definition) is 1. The minimum Gasteiger partial charge on any atom is -0.393 e. The van der Waals surface area contributed by atoms with Crippen LogP contribution in [0, 0.1) is 5.92 Å². The average Bonchev–Trinajstić information content (AvgIpc) is 2.02. The number of hydrogen-bond acceptors (Lipinski definition) is 2. The molecule has 0 aromatic carbocycles. The Morgan fingerprint density at radius 2 is 1.92 bits per heavy atom. The van der Waals surface area contributed by atoms with E-state index in [2.05, 4.69) is 0 Å². The number of urea groups is 1. The SMILES string of the molecule is CC(CN(C)C(=O)N(C)C)C(N)=S. The van der Waals surface area contributed by atoms with Gasteiger partial charge in [-0.15, -0.1) is 0 Å². The molecule has 5 heteroatoms. The Morgan fingerprint density at radius 3 is 2.23 bits per heavy atom. The van der Waals surface area contributed by atoms with Gasteiger partial charge in [0.1, 0.15) is 0 Å². The molecule has 0 radical (unpaired) electrons. The van der Waals surface area contributed by atoms with Crippen LogP contribution in [0.1, 0.15) is 6.92 Å². The fourth-order valence-electron chi connectivity index (χ4n) is 0.920.